The summed E-state index contributed by atoms with van der Waals surface area (Å²) in [6, 6.07) is 10.9. The first-order chi connectivity index (χ1) is 10.2. The normalized spacial score (nSPS) is 10.6. The van der Waals surface area contributed by atoms with Gasteiger partial charge in [0.2, 0.25) is 5.82 Å². The van der Waals surface area contributed by atoms with E-state index in [0.29, 0.717) is 11.1 Å². The van der Waals surface area contributed by atoms with Gasteiger partial charge in [-0.25, -0.2) is 4.39 Å². The molecule has 6 heteroatoms. The lowest BCUT2D eigenvalue weighted by molar-refractivity contribution is 0.386. The molecular weight excluding hydrogens is 275 g/mol. The first-order valence-corrected chi connectivity index (χ1v) is 6.15. The molecule has 0 saturated heterocycles. The van der Waals surface area contributed by atoms with E-state index in [1.54, 1.807) is 18.2 Å². The Morgan fingerprint density at radius 2 is 2.00 bits per heavy atom. The van der Waals surface area contributed by atoms with E-state index >= 15 is 0 Å². The highest BCUT2D eigenvalue weighted by atomic mass is 19.1. The van der Waals surface area contributed by atoms with Gasteiger partial charge in [0.15, 0.2) is 11.6 Å². The van der Waals surface area contributed by atoms with Crippen molar-refractivity contribution in [1.29, 1.82) is 0 Å². The summed E-state index contributed by atoms with van der Waals surface area (Å²) in [5.74, 6) is 0.148. The number of phenolic OH excluding ortho intramolecular Hbond substituents is 1. The Balaban J connectivity index is 2.01. The van der Waals surface area contributed by atoms with Gasteiger partial charge in [0, 0.05) is 5.56 Å². The SMILES string of the molecule is COc1cc(-c2noc(-c3ccccc3O)n2)ccc1F. The van der Waals surface area contributed by atoms with E-state index in [0.717, 1.165) is 0 Å². The number of hydrogen-bond acceptors (Lipinski definition) is 5. The number of aromatic hydroxyl groups is 1. The summed E-state index contributed by atoms with van der Waals surface area (Å²) in [5, 5.41) is 13.6. The van der Waals surface area contributed by atoms with Gasteiger partial charge in [0.05, 0.1) is 12.7 Å². The average Bonchev–Trinajstić information content (AvgIpc) is 2.98. The van der Waals surface area contributed by atoms with Crippen LogP contribution in [0.1, 0.15) is 0 Å². The molecule has 0 aliphatic rings. The van der Waals surface area contributed by atoms with Gasteiger partial charge in [-0.05, 0) is 30.3 Å². The van der Waals surface area contributed by atoms with Crippen molar-refractivity contribution in [3.63, 3.8) is 0 Å². The highest BCUT2D eigenvalue weighted by Crippen LogP contribution is 2.30. The molecule has 3 rings (SSSR count). The Hall–Kier alpha value is -2.89. The van der Waals surface area contributed by atoms with Crippen molar-refractivity contribution in [3.8, 4) is 34.3 Å². The molecule has 0 fully saturated rings. The maximum atomic E-state index is 13.4. The molecule has 5 nitrogen and oxygen atoms in total. The van der Waals surface area contributed by atoms with Crippen LogP contribution in [0.5, 0.6) is 11.5 Å². The number of aromatic nitrogens is 2. The molecule has 0 bridgehead atoms. The van der Waals surface area contributed by atoms with Crippen LogP contribution < -0.4 is 4.74 Å². The van der Waals surface area contributed by atoms with Gasteiger partial charge in [0.25, 0.3) is 5.89 Å². The molecular formula is C15H11FN2O3. The lowest BCUT2D eigenvalue weighted by Gasteiger charge is -2.02. The summed E-state index contributed by atoms with van der Waals surface area (Å²) in [6.07, 6.45) is 0. The molecule has 0 saturated carbocycles. The molecule has 106 valence electrons. The second-order valence-electron chi connectivity index (χ2n) is 4.29. The number of phenols is 1. The third-order valence-electron chi connectivity index (χ3n) is 2.97. The lowest BCUT2D eigenvalue weighted by atomic mass is 10.2. The summed E-state index contributed by atoms with van der Waals surface area (Å²) < 4.78 is 23.4. The molecule has 21 heavy (non-hydrogen) atoms. The van der Waals surface area contributed by atoms with E-state index in [-0.39, 0.29) is 23.2 Å². The second-order valence-corrected chi connectivity index (χ2v) is 4.29. The van der Waals surface area contributed by atoms with Crippen LogP contribution in [0.15, 0.2) is 47.0 Å². The number of methoxy groups -OCH3 is 1. The minimum Gasteiger partial charge on any atom is -0.507 e. The minimum absolute atomic E-state index is 0.0457. The molecule has 0 spiro atoms. The van der Waals surface area contributed by atoms with Crippen LogP contribution in [0.25, 0.3) is 22.8 Å². The Bertz CT molecular complexity index is 786. The Morgan fingerprint density at radius 1 is 1.19 bits per heavy atom. The molecule has 2 aromatic carbocycles. The van der Waals surface area contributed by atoms with Crippen molar-refractivity contribution in [1.82, 2.24) is 10.1 Å². The monoisotopic (exact) mass is 286 g/mol. The fourth-order valence-corrected chi connectivity index (χ4v) is 1.90. The maximum absolute atomic E-state index is 13.4. The van der Waals surface area contributed by atoms with Gasteiger partial charge in [0.1, 0.15) is 5.75 Å². The third kappa shape index (κ3) is 2.43. The highest BCUT2D eigenvalue weighted by Gasteiger charge is 2.14. The fraction of sp³-hybridized carbons (Fsp3) is 0.0667. The predicted octanol–water partition coefficient (Wildman–Crippen LogP) is 3.26. The minimum atomic E-state index is -0.467. The van der Waals surface area contributed by atoms with E-state index in [9.17, 15) is 9.50 Å². The fourth-order valence-electron chi connectivity index (χ4n) is 1.90. The number of halogens is 1. The number of rotatable bonds is 3. The quantitative estimate of drug-likeness (QED) is 0.800. The number of ether oxygens (including phenoxy) is 1. The lowest BCUT2D eigenvalue weighted by Crippen LogP contribution is -1.89. The number of hydrogen-bond donors (Lipinski definition) is 1. The first-order valence-electron chi connectivity index (χ1n) is 6.15. The molecule has 0 unspecified atom stereocenters. The number of para-hydroxylation sites is 1. The zero-order valence-electron chi connectivity index (χ0n) is 11.1. The molecule has 0 aliphatic heterocycles. The van der Waals surface area contributed by atoms with Gasteiger partial charge < -0.3 is 14.4 Å². The van der Waals surface area contributed by atoms with Crippen molar-refractivity contribution in [2.75, 3.05) is 7.11 Å². The molecule has 0 radical (unpaired) electrons. The van der Waals surface area contributed by atoms with Gasteiger partial charge in [-0.2, -0.15) is 4.98 Å². The van der Waals surface area contributed by atoms with E-state index in [1.165, 1.54) is 31.4 Å². The van der Waals surface area contributed by atoms with Crippen LogP contribution in [0, 0.1) is 5.82 Å². The zero-order valence-corrected chi connectivity index (χ0v) is 11.1. The molecule has 0 atom stereocenters. The summed E-state index contributed by atoms with van der Waals surface area (Å²) in [4.78, 5) is 4.20. The van der Waals surface area contributed by atoms with Gasteiger partial charge in [-0.3, -0.25) is 0 Å². The zero-order chi connectivity index (χ0) is 14.8. The van der Waals surface area contributed by atoms with E-state index in [4.69, 9.17) is 9.26 Å². The molecule has 1 heterocycles. The third-order valence-corrected chi connectivity index (χ3v) is 2.97. The molecule has 3 aromatic rings. The Labute approximate surface area is 119 Å². The van der Waals surface area contributed by atoms with E-state index in [1.807, 2.05) is 0 Å². The molecule has 0 amide bonds. The van der Waals surface area contributed by atoms with Crippen LogP contribution >= 0.6 is 0 Å². The van der Waals surface area contributed by atoms with Crippen molar-refractivity contribution in [2.24, 2.45) is 0 Å². The van der Waals surface area contributed by atoms with Crippen molar-refractivity contribution < 1.29 is 18.8 Å². The largest absolute Gasteiger partial charge is 0.507 e. The average molecular weight is 286 g/mol. The maximum Gasteiger partial charge on any atom is 0.261 e. The van der Waals surface area contributed by atoms with Crippen molar-refractivity contribution >= 4 is 0 Å². The van der Waals surface area contributed by atoms with E-state index in [2.05, 4.69) is 10.1 Å². The van der Waals surface area contributed by atoms with Crippen LogP contribution in [0.4, 0.5) is 4.39 Å². The number of nitrogens with zero attached hydrogens (tertiary/aromatic N) is 2. The topological polar surface area (TPSA) is 68.4 Å². The predicted molar refractivity (Wildman–Crippen MR) is 73.3 cm³/mol. The first kappa shape index (κ1) is 13.1. The second kappa shape index (κ2) is 5.24. The summed E-state index contributed by atoms with van der Waals surface area (Å²) in [6.45, 7) is 0. The summed E-state index contributed by atoms with van der Waals surface area (Å²) in [7, 11) is 1.38. The van der Waals surface area contributed by atoms with Gasteiger partial charge in [-0.1, -0.05) is 17.3 Å². The summed E-state index contributed by atoms with van der Waals surface area (Å²) in [5.41, 5.74) is 0.990. The van der Waals surface area contributed by atoms with Crippen molar-refractivity contribution in [3.05, 3.63) is 48.3 Å². The van der Waals surface area contributed by atoms with Crippen LogP contribution in [-0.4, -0.2) is 22.4 Å². The van der Waals surface area contributed by atoms with Crippen LogP contribution in [-0.2, 0) is 0 Å². The van der Waals surface area contributed by atoms with Crippen molar-refractivity contribution in [2.45, 2.75) is 0 Å². The van der Waals surface area contributed by atoms with Gasteiger partial charge in [-0.15, -0.1) is 0 Å². The standard InChI is InChI=1S/C15H11FN2O3/c1-20-13-8-9(6-7-11(13)16)14-17-15(21-18-14)10-4-2-3-5-12(10)19/h2-8,19H,1H3. The van der Waals surface area contributed by atoms with Gasteiger partial charge >= 0.3 is 0 Å². The Morgan fingerprint density at radius 3 is 2.76 bits per heavy atom. The molecule has 0 aliphatic carbocycles. The smallest absolute Gasteiger partial charge is 0.261 e. The highest BCUT2D eigenvalue weighted by molar-refractivity contribution is 5.65. The van der Waals surface area contributed by atoms with E-state index < -0.39 is 5.82 Å². The molecule has 1 N–H and O–H groups in total. The van der Waals surface area contributed by atoms with Crippen LogP contribution in [0.2, 0.25) is 0 Å². The Kier molecular flexibility index (Phi) is 3.27. The summed E-state index contributed by atoms with van der Waals surface area (Å²) >= 11 is 0. The van der Waals surface area contributed by atoms with Crippen LogP contribution in [0.3, 0.4) is 0 Å². The molecule has 1 aromatic heterocycles. The number of benzene rings is 2.